The van der Waals surface area contributed by atoms with E-state index in [-0.39, 0.29) is 0 Å². The molecule has 4 nitrogen and oxygen atoms in total. The molecule has 1 aliphatic heterocycles. The van der Waals surface area contributed by atoms with Gasteiger partial charge in [-0.3, -0.25) is 4.90 Å². The molecule has 0 aromatic heterocycles. The van der Waals surface area contributed by atoms with E-state index >= 15 is 0 Å². The van der Waals surface area contributed by atoms with Gasteiger partial charge < -0.3 is 9.84 Å². The van der Waals surface area contributed by atoms with Crippen LogP contribution in [0.25, 0.3) is 0 Å². The lowest BCUT2D eigenvalue weighted by molar-refractivity contribution is 0.0865. The largest absolute Gasteiger partial charge is 0.465 e. The highest BCUT2D eigenvalue weighted by atomic mass is 16.6. The molecule has 1 unspecified atom stereocenters. The molecule has 0 spiro atoms. The molecule has 4 heteroatoms. The van der Waals surface area contributed by atoms with E-state index in [1.807, 2.05) is 30.3 Å². The minimum absolute atomic E-state index is 0.477. The Balaban J connectivity index is 2.09. The molecule has 1 fully saturated rings. The number of carboxylic acid groups (broad SMARTS) is 1. The molecule has 0 radical (unpaired) electrons. The molecule has 1 aromatic carbocycles. The van der Waals surface area contributed by atoms with Gasteiger partial charge in [-0.15, -0.1) is 0 Å². The molecule has 15 heavy (non-hydrogen) atoms. The first-order valence-corrected chi connectivity index (χ1v) is 4.79. The number of nitrogens with zero attached hydrogens (tertiary/aromatic N) is 1. The fourth-order valence-electron chi connectivity index (χ4n) is 1.59. The van der Waals surface area contributed by atoms with Crippen LogP contribution in [0, 0.1) is 0 Å². The van der Waals surface area contributed by atoms with Gasteiger partial charge in [-0.1, -0.05) is 30.3 Å². The minimum atomic E-state index is -0.955. The predicted molar refractivity (Wildman–Crippen MR) is 54.6 cm³/mol. The molecule has 80 valence electrons. The molecule has 2 rings (SSSR count). The van der Waals surface area contributed by atoms with Crippen LogP contribution in [0.5, 0.6) is 0 Å². The topological polar surface area (TPSA) is 53.1 Å². The van der Waals surface area contributed by atoms with Crippen LogP contribution in [0.4, 0.5) is 4.79 Å². The summed E-state index contributed by atoms with van der Waals surface area (Å²) in [6, 6.07) is 9.75. The van der Waals surface area contributed by atoms with Crippen molar-refractivity contribution in [3.63, 3.8) is 0 Å². The molecule has 0 saturated carbocycles. The number of ether oxygens (including phenoxy) is 1. The fourth-order valence-corrected chi connectivity index (χ4v) is 1.59. The molecular weight excluding hydrogens is 194 g/mol. The van der Waals surface area contributed by atoms with Gasteiger partial charge in [0.25, 0.3) is 0 Å². The van der Waals surface area contributed by atoms with Crippen molar-refractivity contribution in [3.05, 3.63) is 35.9 Å². The minimum Gasteiger partial charge on any atom is -0.465 e. The molecule has 1 saturated heterocycles. The third-order valence-electron chi connectivity index (χ3n) is 2.70. The van der Waals surface area contributed by atoms with Crippen molar-refractivity contribution in [2.45, 2.75) is 12.1 Å². The van der Waals surface area contributed by atoms with Gasteiger partial charge in [-0.25, -0.2) is 4.79 Å². The van der Waals surface area contributed by atoms with Gasteiger partial charge in [-0.05, 0) is 5.56 Å². The number of amides is 1. The number of likely N-dealkylation sites (N-methyl/N-ethyl adjacent to an activating group) is 1. The maximum Gasteiger partial charge on any atom is 0.409 e. The van der Waals surface area contributed by atoms with Gasteiger partial charge >= 0.3 is 6.09 Å². The molecule has 1 aromatic rings. The quantitative estimate of drug-likeness (QED) is 0.765. The first-order valence-electron chi connectivity index (χ1n) is 4.79. The maximum absolute atomic E-state index is 10.8. The molecule has 1 amide bonds. The van der Waals surface area contributed by atoms with Crippen molar-refractivity contribution in [2.75, 3.05) is 13.7 Å². The Morgan fingerprint density at radius 3 is 2.60 bits per heavy atom. The lowest BCUT2D eigenvalue weighted by Crippen LogP contribution is -2.40. The lowest BCUT2D eigenvalue weighted by Gasteiger charge is -2.21. The molecule has 0 bridgehead atoms. The monoisotopic (exact) mass is 207 g/mol. The Morgan fingerprint density at radius 1 is 1.53 bits per heavy atom. The van der Waals surface area contributed by atoms with Crippen molar-refractivity contribution < 1.29 is 14.6 Å². The zero-order valence-corrected chi connectivity index (χ0v) is 8.51. The third-order valence-corrected chi connectivity index (χ3v) is 2.70. The van der Waals surface area contributed by atoms with Gasteiger partial charge in [0.1, 0.15) is 0 Å². The Hall–Kier alpha value is -1.55. The zero-order valence-electron chi connectivity index (χ0n) is 8.51. The second-order valence-corrected chi connectivity index (χ2v) is 3.74. The second kappa shape index (κ2) is 3.55. The number of hydrogen-bond donors (Lipinski definition) is 1. The Bertz CT molecular complexity index is 359. The summed E-state index contributed by atoms with van der Waals surface area (Å²) in [7, 11) is 1.54. The highest BCUT2D eigenvalue weighted by molar-refractivity contribution is 5.66. The van der Waals surface area contributed by atoms with Crippen LogP contribution < -0.4 is 0 Å². The van der Waals surface area contributed by atoms with Crippen molar-refractivity contribution >= 4 is 6.09 Å². The van der Waals surface area contributed by atoms with Crippen molar-refractivity contribution in [2.24, 2.45) is 0 Å². The molecule has 1 N–H and O–H groups in total. The average molecular weight is 207 g/mol. The molecule has 1 atom stereocenters. The molecule has 1 heterocycles. The van der Waals surface area contributed by atoms with Crippen LogP contribution >= 0.6 is 0 Å². The number of epoxide rings is 1. The van der Waals surface area contributed by atoms with E-state index in [0.717, 1.165) is 5.56 Å². The third kappa shape index (κ3) is 1.94. The standard InChI is InChI=1S/C11H13NO3/c1-12(10(13)14)11(8-15-11)7-9-5-3-2-4-6-9/h2-6H,7-8H2,1H3,(H,13,14). The van der Waals surface area contributed by atoms with Crippen LogP contribution in [0.1, 0.15) is 5.56 Å². The summed E-state index contributed by atoms with van der Waals surface area (Å²) in [6.07, 6.45) is -0.347. The lowest BCUT2D eigenvalue weighted by atomic mass is 10.1. The first-order chi connectivity index (χ1) is 7.14. The van der Waals surface area contributed by atoms with Crippen molar-refractivity contribution in [1.29, 1.82) is 0 Å². The number of hydrogen-bond acceptors (Lipinski definition) is 2. The van der Waals surface area contributed by atoms with Gasteiger partial charge in [0.05, 0.1) is 6.61 Å². The van der Waals surface area contributed by atoms with E-state index in [1.54, 1.807) is 0 Å². The van der Waals surface area contributed by atoms with E-state index in [9.17, 15) is 4.79 Å². The van der Waals surface area contributed by atoms with Gasteiger partial charge in [0, 0.05) is 13.5 Å². The van der Waals surface area contributed by atoms with Crippen LogP contribution in [0.3, 0.4) is 0 Å². The van der Waals surface area contributed by atoms with Crippen LogP contribution in [-0.2, 0) is 11.2 Å². The number of rotatable bonds is 3. The SMILES string of the molecule is CN(C(=O)O)C1(Cc2ccccc2)CO1. The summed E-state index contributed by atoms with van der Waals surface area (Å²) in [5.74, 6) is 0. The number of carbonyl (C=O) groups is 1. The molecule has 1 aliphatic rings. The summed E-state index contributed by atoms with van der Waals surface area (Å²) >= 11 is 0. The Labute approximate surface area is 88.1 Å². The van der Waals surface area contributed by atoms with Gasteiger partial charge in [0.15, 0.2) is 5.72 Å². The van der Waals surface area contributed by atoms with E-state index < -0.39 is 11.8 Å². The fraction of sp³-hybridized carbons (Fsp3) is 0.364. The summed E-state index contributed by atoms with van der Waals surface area (Å²) < 4.78 is 5.27. The van der Waals surface area contributed by atoms with Crippen molar-refractivity contribution in [3.8, 4) is 0 Å². The summed E-state index contributed by atoms with van der Waals surface area (Å²) in [6.45, 7) is 0.477. The number of benzene rings is 1. The van der Waals surface area contributed by atoms with E-state index in [2.05, 4.69) is 0 Å². The van der Waals surface area contributed by atoms with E-state index in [0.29, 0.717) is 13.0 Å². The molecular formula is C11H13NO3. The Kier molecular flexibility index (Phi) is 2.36. The van der Waals surface area contributed by atoms with E-state index in [4.69, 9.17) is 9.84 Å². The maximum atomic E-state index is 10.8. The van der Waals surface area contributed by atoms with Crippen molar-refractivity contribution in [1.82, 2.24) is 4.90 Å². The Morgan fingerprint density at radius 2 is 2.13 bits per heavy atom. The summed E-state index contributed by atoms with van der Waals surface area (Å²) in [4.78, 5) is 12.1. The average Bonchev–Trinajstić information content (AvgIpc) is 2.99. The normalized spacial score (nSPS) is 23.5. The van der Waals surface area contributed by atoms with E-state index in [1.165, 1.54) is 11.9 Å². The van der Waals surface area contributed by atoms with Crippen LogP contribution in [-0.4, -0.2) is 35.5 Å². The second-order valence-electron chi connectivity index (χ2n) is 3.74. The smallest absolute Gasteiger partial charge is 0.409 e. The first kappa shape index (κ1) is 9.98. The van der Waals surface area contributed by atoms with Crippen LogP contribution in [0.15, 0.2) is 30.3 Å². The van der Waals surface area contributed by atoms with Gasteiger partial charge in [0.2, 0.25) is 0 Å². The zero-order chi connectivity index (χ0) is 10.9. The predicted octanol–water partition coefficient (Wildman–Crippen LogP) is 1.57. The van der Waals surface area contributed by atoms with Crippen LogP contribution in [0.2, 0.25) is 0 Å². The van der Waals surface area contributed by atoms with Gasteiger partial charge in [-0.2, -0.15) is 0 Å². The highest BCUT2D eigenvalue weighted by Gasteiger charge is 2.50. The highest BCUT2D eigenvalue weighted by Crippen LogP contribution is 2.34. The molecule has 0 aliphatic carbocycles. The summed E-state index contributed by atoms with van der Waals surface area (Å²) in [5, 5.41) is 8.88. The summed E-state index contributed by atoms with van der Waals surface area (Å²) in [5.41, 5.74) is 0.454.